The number of hydrogen-bond acceptors (Lipinski definition) is 6. The van der Waals surface area contributed by atoms with Crippen LogP contribution in [0.25, 0.3) is 11.5 Å². The third-order valence-corrected chi connectivity index (χ3v) is 6.02. The molecule has 1 aliphatic heterocycles. The highest BCUT2D eigenvalue weighted by molar-refractivity contribution is 5.93. The van der Waals surface area contributed by atoms with Gasteiger partial charge in [-0.15, -0.1) is 10.2 Å². The molecule has 7 nitrogen and oxygen atoms in total. The van der Waals surface area contributed by atoms with Gasteiger partial charge in [0.15, 0.2) is 0 Å². The van der Waals surface area contributed by atoms with Crippen LogP contribution >= 0.6 is 0 Å². The third-order valence-electron chi connectivity index (χ3n) is 6.02. The lowest BCUT2D eigenvalue weighted by Crippen LogP contribution is -2.49. The Kier molecular flexibility index (Phi) is 6.44. The number of rotatable bonds is 6. The van der Waals surface area contributed by atoms with Crippen molar-refractivity contribution in [2.24, 2.45) is 0 Å². The molecule has 0 bridgehead atoms. The minimum absolute atomic E-state index is 0.0274. The van der Waals surface area contributed by atoms with Gasteiger partial charge in [0.1, 0.15) is 0 Å². The number of aromatic nitrogens is 2. The van der Waals surface area contributed by atoms with Crippen LogP contribution in [0.5, 0.6) is 0 Å². The van der Waals surface area contributed by atoms with E-state index < -0.39 is 0 Å². The molecule has 1 amide bonds. The third kappa shape index (κ3) is 5.00. The molecular weight excluding hydrogens is 390 g/mol. The SMILES string of the molecule is Cc1cccc(NC(=O)CN2CCN([C@H](C)c3nnc(-c4ccccc4)o3)CC2)c1C. The summed E-state index contributed by atoms with van der Waals surface area (Å²) in [5.74, 6) is 1.20. The normalized spacial score (nSPS) is 16.2. The second-order valence-electron chi connectivity index (χ2n) is 8.10. The summed E-state index contributed by atoms with van der Waals surface area (Å²) in [6.07, 6.45) is 0. The van der Waals surface area contributed by atoms with Crippen LogP contribution in [-0.2, 0) is 4.79 Å². The van der Waals surface area contributed by atoms with Gasteiger partial charge in [0, 0.05) is 37.4 Å². The predicted octanol–water partition coefficient (Wildman–Crippen LogP) is 3.67. The largest absolute Gasteiger partial charge is 0.419 e. The maximum atomic E-state index is 12.5. The van der Waals surface area contributed by atoms with Crippen LogP contribution in [-0.4, -0.2) is 58.6 Å². The van der Waals surface area contributed by atoms with Crippen molar-refractivity contribution in [1.82, 2.24) is 20.0 Å². The first-order valence-corrected chi connectivity index (χ1v) is 10.7. The van der Waals surface area contributed by atoms with E-state index in [-0.39, 0.29) is 11.9 Å². The monoisotopic (exact) mass is 419 g/mol. The van der Waals surface area contributed by atoms with Crippen molar-refractivity contribution in [2.45, 2.75) is 26.8 Å². The topological polar surface area (TPSA) is 74.5 Å². The van der Waals surface area contributed by atoms with Crippen LogP contribution in [0.15, 0.2) is 52.9 Å². The Hall–Kier alpha value is -3.03. The zero-order valence-corrected chi connectivity index (χ0v) is 18.3. The lowest BCUT2D eigenvalue weighted by Gasteiger charge is -2.36. The molecule has 0 unspecified atom stereocenters. The van der Waals surface area contributed by atoms with E-state index in [0.717, 1.165) is 43.0 Å². The minimum Gasteiger partial charge on any atom is -0.419 e. The molecule has 0 aliphatic carbocycles. The van der Waals surface area contributed by atoms with Crippen molar-refractivity contribution < 1.29 is 9.21 Å². The van der Waals surface area contributed by atoms with Crippen LogP contribution in [0.2, 0.25) is 0 Å². The maximum absolute atomic E-state index is 12.5. The van der Waals surface area contributed by atoms with Crippen molar-refractivity contribution in [3.63, 3.8) is 0 Å². The fourth-order valence-electron chi connectivity index (χ4n) is 3.85. The number of benzene rings is 2. The first-order valence-electron chi connectivity index (χ1n) is 10.7. The predicted molar refractivity (Wildman–Crippen MR) is 121 cm³/mol. The molecule has 2 heterocycles. The van der Waals surface area contributed by atoms with Crippen molar-refractivity contribution in [1.29, 1.82) is 0 Å². The van der Waals surface area contributed by atoms with Gasteiger partial charge in [-0.3, -0.25) is 14.6 Å². The molecule has 1 atom stereocenters. The summed E-state index contributed by atoms with van der Waals surface area (Å²) in [5, 5.41) is 11.5. The highest BCUT2D eigenvalue weighted by Crippen LogP contribution is 2.24. The Balaban J connectivity index is 1.29. The van der Waals surface area contributed by atoms with Crippen molar-refractivity contribution in [3.05, 3.63) is 65.5 Å². The highest BCUT2D eigenvalue weighted by atomic mass is 16.4. The molecule has 0 spiro atoms. The Morgan fingerprint density at radius 1 is 1.03 bits per heavy atom. The summed E-state index contributed by atoms with van der Waals surface area (Å²) in [4.78, 5) is 17.0. The minimum atomic E-state index is 0.0274. The molecule has 2 aromatic carbocycles. The average Bonchev–Trinajstić information content (AvgIpc) is 3.28. The lowest BCUT2D eigenvalue weighted by atomic mass is 10.1. The Labute approximate surface area is 183 Å². The van der Waals surface area contributed by atoms with Crippen molar-refractivity contribution in [2.75, 3.05) is 38.0 Å². The van der Waals surface area contributed by atoms with E-state index in [1.807, 2.05) is 49.4 Å². The summed E-state index contributed by atoms with van der Waals surface area (Å²) < 4.78 is 5.92. The van der Waals surface area contributed by atoms with Crippen LogP contribution in [0.4, 0.5) is 5.69 Å². The van der Waals surface area contributed by atoms with E-state index in [9.17, 15) is 4.79 Å². The number of amides is 1. The van der Waals surface area contributed by atoms with Gasteiger partial charge in [0.25, 0.3) is 0 Å². The van der Waals surface area contributed by atoms with Gasteiger partial charge in [-0.25, -0.2) is 0 Å². The number of carbonyl (C=O) groups is 1. The van der Waals surface area contributed by atoms with Gasteiger partial charge >= 0.3 is 0 Å². The molecule has 0 saturated carbocycles. The highest BCUT2D eigenvalue weighted by Gasteiger charge is 2.26. The van der Waals surface area contributed by atoms with Gasteiger partial charge in [-0.1, -0.05) is 30.3 Å². The molecule has 31 heavy (non-hydrogen) atoms. The number of piperazine rings is 1. The number of aryl methyl sites for hydroxylation is 1. The number of nitrogens with one attached hydrogen (secondary N) is 1. The molecule has 1 aromatic heterocycles. The Morgan fingerprint density at radius 2 is 1.77 bits per heavy atom. The molecule has 1 aliphatic rings. The molecule has 4 rings (SSSR count). The first-order chi connectivity index (χ1) is 15.0. The molecule has 3 aromatic rings. The summed E-state index contributed by atoms with van der Waals surface area (Å²) >= 11 is 0. The molecule has 7 heteroatoms. The van der Waals surface area contributed by atoms with Crippen LogP contribution in [0.3, 0.4) is 0 Å². The van der Waals surface area contributed by atoms with Gasteiger partial charge in [-0.2, -0.15) is 0 Å². The zero-order valence-electron chi connectivity index (χ0n) is 18.3. The number of hydrogen-bond donors (Lipinski definition) is 1. The van der Waals surface area contributed by atoms with Gasteiger partial charge in [-0.05, 0) is 50.1 Å². The van der Waals surface area contributed by atoms with Crippen LogP contribution in [0, 0.1) is 13.8 Å². The van der Waals surface area contributed by atoms with E-state index in [0.29, 0.717) is 18.3 Å². The maximum Gasteiger partial charge on any atom is 0.247 e. The van der Waals surface area contributed by atoms with E-state index in [2.05, 4.69) is 45.2 Å². The second kappa shape index (κ2) is 9.41. The fourth-order valence-corrected chi connectivity index (χ4v) is 3.85. The van der Waals surface area contributed by atoms with E-state index in [1.165, 1.54) is 5.56 Å². The molecule has 1 fully saturated rings. The molecule has 162 valence electrons. The number of nitrogens with zero attached hydrogens (tertiary/aromatic N) is 4. The van der Waals surface area contributed by atoms with E-state index >= 15 is 0 Å². The fraction of sp³-hybridized carbons (Fsp3) is 0.375. The van der Waals surface area contributed by atoms with Gasteiger partial charge < -0.3 is 9.73 Å². The first kappa shape index (κ1) is 21.2. The Bertz CT molecular complexity index is 1030. The van der Waals surface area contributed by atoms with Crippen LogP contribution in [0.1, 0.15) is 30.0 Å². The van der Waals surface area contributed by atoms with E-state index in [1.54, 1.807) is 0 Å². The molecule has 1 saturated heterocycles. The van der Waals surface area contributed by atoms with Gasteiger partial charge in [0.2, 0.25) is 17.7 Å². The quantitative estimate of drug-likeness (QED) is 0.657. The lowest BCUT2D eigenvalue weighted by molar-refractivity contribution is -0.117. The summed E-state index contributed by atoms with van der Waals surface area (Å²) in [5.41, 5.74) is 4.11. The second-order valence-corrected chi connectivity index (χ2v) is 8.10. The zero-order chi connectivity index (χ0) is 21.8. The smallest absolute Gasteiger partial charge is 0.247 e. The summed E-state index contributed by atoms with van der Waals surface area (Å²) in [7, 11) is 0. The summed E-state index contributed by atoms with van der Waals surface area (Å²) in [6.45, 7) is 9.92. The standard InChI is InChI=1S/C24H29N5O2/c1-17-8-7-11-21(18(17)2)25-22(30)16-28-12-14-29(15-13-28)19(3)23-26-27-24(31-23)20-9-5-4-6-10-20/h4-11,19H,12-16H2,1-3H3,(H,25,30)/t19-/m1/s1. The number of carbonyl (C=O) groups excluding carboxylic acids is 1. The van der Waals surface area contributed by atoms with Crippen molar-refractivity contribution in [3.8, 4) is 11.5 Å². The van der Waals surface area contributed by atoms with Crippen molar-refractivity contribution >= 4 is 11.6 Å². The van der Waals surface area contributed by atoms with Gasteiger partial charge in [0.05, 0.1) is 12.6 Å². The molecule has 0 radical (unpaired) electrons. The van der Waals surface area contributed by atoms with E-state index in [4.69, 9.17) is 4.42 Å². The molecule has 1 N–H and O–H groups in total. The number of anilines is 1. The van der Waals surface area contributed by atoms with Crippen LogP contribution < -0.4 is 5.32 Å². The Morgan fingerprint density at radius 3 is 2.52 bits per heavy atom. The molecular formula is C24H29N5O2. The summed E-state index contributed by atoms with van der Waals surface area (Å²) in [6, 6.07) is 15.8. The average molecular weight is 420 g/mol.